The van der Waals surface area contributed by atoms with Crippen LogP contribution in [-0.2, 0) is 4.79 Å². The van der Waals surface area contributed by atoms with Crippen molar-refractivity contribution in [3.05, 3.63) is 0 Å². The fourth-order valence-corrected chi connectivity index (χ4v) is 1.50. The van der Waals surface area contributed by atoms with Gasteiger partial charge in [0.1, 0.15) is 0 Å². The predicted octanol–water partition coefficient (Wildman–Crippen LogP) is -1.68. The lowest BCUT2D eigenvalue weighted by Gasteiger charge is -2.34. The summed E-state index contributed by atoms with van der Waals surface area (Å²) in [6.45, 7) is 5.31. The summed E-state index contributed by atoms with van der Waals surface area (Å²) in [4.78, 5) is 24.1. The van der Waals surface area contributed by atoms with Gasteiger partial charge in [0.15, 0.2) is 0 Å². The van der Waals surface area contributed by atoms with Gasteiger partial charge < -0.3 is 10.6 Å². The maximum Gasteiger partial charge on any atom is 0.318 e. The van der Waals surface area contributed by atoms with E-state index < -0.39 is 18.0 Å². The normalized spacial score (nSPS) is 20.4. The molecule has 0 aromatic rings. The Bertz CT molecular complexity index is 263. The first-order chi connectivity index (χ1) is 7.49. The topological polar surface area (TPSA) is 90.7 Å². The Morgan fingerprint density at radius 2 is 1.81 bits per heavy atom. The molecule has 0 aromatic carbocycles. The van der Waals surface area contributed by atoms with Crippen molar-refractivity contribution in [3.8, 4) is 0 Å². The van der Waals surface area contributed by atoms with E-state index in [1.54, 1.807) is 6.92 Å². The van der Waals surface area contributed by atoms with Gasteiger partial charge in [0.2, 0.25) is 5.91 Å². The van der Waals surface area contributed by atoms with Gasteiger partial charge >= 0.3 is 6.03 Å². The third-order valence-electron chi connectivity index (χ3n) is 2.52. The Morgan fingerprint density at radius 1 is 1.25 bits per heavy atom. The molecular formula is C9H19N5O2. The van der Waals surface area contributed by atoms with E-state index >= 15 is 0 Å². The molecule has 1 rings (SSSR count). The van der Waals surface area contributed by atoms with Crippen LogP contribution in [-0.4, -0.2) is 61.1 Å². The van der Waals surface area contributed by atoms with Crippen LogP contribution >= 0.6 is 0 Å². The molecule has 1 heterocycles. The maximum absolute atomic E-state index is 11.4. The van der Waals surface area contributed by atoms with Crippen LogP contribution in [0.4, 0.5) is 4.79 Å². The molecule has 0 spiro atoms. The van der Waals surface area contributed by atoms with Crippen LogP contribution in [0.1, 0.15) is 6.92 Å². The number of carbonyl (C=O) groups is 2. The molecule has 3 amide bonds. The van der Waals surface area contributed by atoms with Gasteiger partial charge in [-0.05, 0) is 14.0 Å². The average molecular weight is 229 g/mol. The van der Waals surface area contributed by atoms with Crippen LogP contribution in [0.3, 0.4) is 0 Å². The molecule has 1 aliphatic heterocycles. The first-order valence-electron chi connectivity index (χ1n) is 5.29. The number of nitrogens with two attached hydrogens (primary N) is 1. The Hall–Kier alpha value is -1.18. The van der Waals surface area contributed by atoms with Gasteiger partial charge in [0.05, 0.1) is 6.04 Å². The number of nitrogens with one attached hydrogen (secondary N) is 2. The minimum Gasteiger partial charge on any atom is -0.351 e. The lowest BCUT2D eigenvalue weighted by atomic mass is 10.3. The van der Waals surface area contributed by atoms with Crippen molar-refractivity contribution in [1.29, 1.82) is 0 Å². The highest BCUT2D eigenvalue weighted by Gasteiger charge is 2.19. The number of hydrogen-bond acceptors (Lipinski definition) is 5. The summed E-state index contributed by atoms with van der Waals surface area (Å²) in [7, 11) is 2.06. The second kappa shape index (κ2) is 5.78. The second-order valence-corrected chi connectivity index (χ2v) is 3.99. The van der Waals surface area contributed by atoms with Gasteiger partial charge in [0, 0.05) is 26.2 Å². The number of rotatable bonds is 3. The number of imide groups is 1. The van der Waals surface area contributed by atoms with Gasteiger partial charge in [-0.1, -0.05) is 0 Å². The summed E-state index contributed by atoms with van der Waals surface area (Å²) in [6, 6.07) is -1.28. The summed E-state index contributed by atoms with van der Waals surface area (Å²) in [5, 5.41) is 4.02. The quantitative estimate of drug-likeness (QED) is 0.538. The van der Waals surface area contributed by atoms with E-state index in [4.69, 9.17) is 5.73 Å². The monoisotopic (exact) mass is 229 g/mol. The SMILES string of the molecule is CC(NN1CCN(C)CC1)C(=O)NC(N)=O. The second-order valence-electron chi connectivity index (χ2n) is 3.99. The van der Waals surface area contributed by atoms with E-state index in [1.165, 1.54) is 0 Å². The smallest absolute Gasteiger partial charge is 0.318 e. The first-order valence-corrected chi connectivity index (χ1v) is 5.29. The highest BCUT2D eigenvalue weighted by Crippen LogP contribution is 1.96. The van der Waals surface area contributed by atoms with E-state index in [1.807, 2.05) is 10.3 Å². The van der Waals surface area contributed by atoms with Crippen molar-refractivity contribution >= 4 is 11.9 Å². The number of carbonyl (C=O) groups excluding carboxylic acids is 2. The minimum atomic E-state index is -0.822. The van der Waals surface area contributed by atoms with Crippen molar-refractivity contribution < 1.29 is 9.59 Å². The summed E-state index contributed by atoms with van der Waals surface area (Å²) in [5.74, 6) is -0.411. The molecule has 4 N–H and O–H groups in total. The third kappa shape index (κ3) is 4.13. The highest BCUT2D eigenvalue weighted by molar-refractivity contribution is 5.96. The van der Waals surface area contributed by atoms with Crippen molar-refractivity contribution in [2.45, 2.75) is 13.0 Å². The molecule has 92 valence electrons. The molecule has 0 aliphatic carbocycles. The Labute approximate surface area is 94.9 Å². The van der Waals surface area contributed by atoms with Crippen LogP contribution in [0.15, 0.2) is 0 Å². The van der Waals surface area contributed by atoms with Crippen molar-refractivity contribution in [3.63, 3.8) is 0 Å². The van der Waals surface area contributed by atoms with Gasteiger partial charge in [0.25, 0.3) is 0 Å². The van der Waals surface area contributed by atoms with E-state index in [-0.39, 0.29) is 0 Å². The summed E-state index contributed by atoms with van der Waals surface area (Å²) < 4.78 is 0. The largest absolute Gasteiger partial charge is 0.351 e. The number of piperazine rings is 1. The minimum absolute atomic E-state index is 0.411. The molecule has 7 nitrogen and oxygen atoms in total. The summed E-state index contributed by atoms with van der Waals surface area (Å²) in [6.07, 6.45) is 0. The number of hydrazine groups is 1. The molecule has 1 saturated heterocycles. The Balaban J connectivity index is 2.30. The van der Waals surface area contributed by atoms with Crippen molar-refractivity contribution in [1.82, 2.24) is 20.7 Å². The summed E-state index contributed by atoms with van der Waals surface area (Å²) >= 11 is 0. The summed E-state index contributed by atoms with van der Waals surface area (Å²) in [5.41, 5.74) is 7.89. The molecule has 16 heavy (non-hydrogen) atoms. The maximum atomic E-state index is 11.4. The van der Waals surface area contributed by atoms with Crippen molar-refractivity contribution in [2.75, 3.05) is 33.2 Å². The number of urea groups is 1. The molecule has 1 fully saturated rings. The molecule has 7 heteroatoms. The lowest BCUT2D eigenvalue weighted by molar-refractivity contribution is -0.123. The van der Waals surface area contributed by atoms with Crippen LogP contribution in [0.5, 0.6) is 0 Å². The van der Waals surface area contributed by atoms with E-state index in [0.29, 0.717) is 0 Å². The van der Waals surface area contributed by atoms with Crippen LogP contribution in [0, 0.1) is 0 Å². The molecule has 0 radical (unpaired) electrons. The van der Waals surface area contributed by atoms with Crippen molar-refractivity contribution in [2.24, 2.45) is 5.73 Å². The molecule has 1 aliphatic rings. The van der Waals surface area contributed by atoms with Gasteiger partial charge in [-0.25, -0.2) is 15.2 Å². The third-order valence-corrected chi connectivity index (χ3v) is 2.52. The fraction of sp³-hybridized carbons (Fsp3) is 0.778. The van der Waals surface area contributed by atoms with Gasteiger partial charge in [-0.3, -0.25) is 10.1 Å². The van der Waals surface area contributed by atoms with E-state index in [2.05, 4.69) is 17.4 Å². The zero-order chi connectivity index (χ0) is 12.1. The molecule has 0 saturated carbocycles. The number of primary amides is 1. The van der Waals surface area contributed by atoms with E-state index in [0.717, 1.165) is 26.2 Å². The number of likely N-dealkylation sites (N-methyl/N-ethyl adjacent to an activating group) is 1. The molecular weight excluding hydrogens is 210 g/mol. The molecule has 0 bridgehead atoms. The Kier molecular flexibility index (Phi) is 4.66. The molecule has 1 unspecified atom stereocenters. The first kappa shape index (κ1) is 12.9. The molecule has 0 aromatic heterocycles. The number of nitrogens with zero attached hydrogens (tertiary/aromatic N) is 2. The average Bonchev–Trinajstić information content (AvgIpc) is 2.20. The highest BCUT2D eigenvalue weighted by atomic mass is 16.2. The molecule has 1 atom stereocenters. The van der Waals surface area contributed by atoms with Gasteiger partial charge in [-0.2, -0.15) is 0 Å². The van der Waals surface area contributed by atoms with Crippen LogP contribution < -0.4 is 16.5 Å². The van der Waals surface area contributed by atoms with Crippen LogP contribution in [0.2, 0.25) is 0 Å². The Morgan fingerprint density at radius 3 is 2.31 bits per heavy atom. The predicted molar refractivity (Wildman–Crippen MR) is 59.4 cm³/mol. The fourth-order valence-electron chi connectivity index (χ4n) is 1.50. The zero-order valence-corrected chi connectivity index (χ0v) is 9.69. The number of amides is 3. The lowest BCUT2D eigenvalue weighted by Crippen LogP contribution is -2.57. The number of hydrogen-bond donors (Lipinski definition) is 3. The standard InChI is InChI=1S/C9H19N5O2/c1-7(8(15)11-9(10)16)12-14-5-3-13(2)4-6-14/h7,12H,3-6H2,1-2H3,(H3,10,11,15,16). The zero-order valence-electron chi connectivity index (χ0n) is 9.69. The van der Waals surface area contributed by atoms with E-state index in [9.17, 15) is 9.59 Å². The van der Waals surface area contributed by atoms with Gasteiger partial charge in [-0.15, -0.1) is 0 Å². The van der Waals surface area contributed by atoms with Crippen LogP contribution in [0.25, 0.3) is 0 Å².